The second kappa shape index (κ2) is 7.00. The summed E-state index contributed by atoms with van der Waals surface area (Å²) in [4.78, 5) is 2.00. The van der Waals surface area contributed by atoms with Crippen LogP contribution in [0.5, 0.6) is 0 Å². The van der Waals surface area contributed by atoms with Crippen molar-refractivity contribution in [2.45, 2.75) is 32.4 Å². The molecule has 1 aromatic rings. The van der Waals surface area contributed by atoms with Crippen molar-refractivity contribution in [2.75, 3.05) is 24.0 Å². The van der Waals surface area contributed by atoms with Crippen molar-refractivity contribution in [3.8, 4) is 0 Å². The number of rotatable bonds is 6. The molecule has 0 aliphatic carbocycles. The molecular formula is C14H23FN2S. The highest BCUT2D eigenvalue weighted by atomic mass is 32.2. The van der Waals surface area contributed by atoms with Gasteiger partial charge in [-0.25, -0.2) is 4.39 Å². The lowest BCUT2D eigenvalue weighted by molar-refractivity contribution is 0.597. The Balaban J connectivity index is 2.82. The van der Waals surface area contributed by atoms with Gasteiger partial charge in [0, 0.05) is 19.1 Å². The van der Waals surface area contributed by atoms with E-state index in [0.29, 0.717) is 11.7 Å². The summed E-state index contributed by atoms with van der Waals surface area (Å²) in [7, 11) is 1.94. The Bertz CT molecular complexity index is 382. The van der Waals surface area contributed by atoms with Crippen LogP contribution in [0.2, 0.25) is 0 Å². The highest BCUT2D eigenvalue weighted by Gasteiger charge is 2.14. The third-order valence-electron chi connectivity index (χ3n) is 3.28. The molecule has 2 N–H and O–H groups in total. The predicted octanol–water partition coefficient (Wildman–Crippen LogP) is 3.42. The first-order valence-electron chi connectivity index (χ1n) is 6.24. The molecule has 0 saturated heterocycles. The average molecular weight is 270 g/mol. The zero-order chi connectivity index (χ0) is 13.7. The highest BCUT2D eigenvalue weighted by Crippen LogP contribution is 2.24. The van der Waals surface area contributed by atoms with E-state index in [1.165, 1.54) is 6.07 Å². The number of benzene rings is 1. The van der Waals surface area contributed by atoms with Crippen LogP contribution in [0.3, 0.4) is 0 Å². The molecule has 0 bridgehead atoms. The number of anilines is 1. The van der Waals surface area contributed by atoms with Gasteiger partial charge in [0.05, 0.1) is 5.69 Å². The average Bonchev–Trinajstić information content (AvgIpc) is 2.34. The lowest BCUT2D eigenvalue weighted by Crippen LogP contribution is -2.30. The van der Waals surface area contributed by atoms with Gasteiger partial charge in [-0.3, -0.25) is 0 Å². The summed E-state index contributed by atoms with van der Waals surface area (Å²) in [6.45, 7) is 3.98. The summed E-state index contributed by atoms with van der Waals surface area (Å²) in [6.07, 6.45) is 3.14. The Kier molecular flexibility index (Phi) is 5.96. The lowest BCUT2D eigenvalue weighted by atomic mass is 10.1. The van der Waals surface area contributed by atoms with Gasteiger partial charge in [0.1, 0.15) is 5.82 Å². The van der Waals surface area contributed by atoms with Gasteiger partial charge in [-0.2, -0.15) is 11.8 Å². The topological polar surface area (TPSA) is 29.3 Å². The molecule has 1 unspecified atom stereocenters. The normalized spacial score (nSPS) is 14.3. The summed E-state index contributed by atoms with van der Waals surface area (Å²) in [5, 5.41) is 0. The molecule has 1 rings (SSSR count). The Morgan fingerprint density at radius 1 is 1.39 bits per heavy atom. The molecule has 0 radical (unpaired) electrons. The SMILES string of the molecule is CSCCC(C)N(C)c1ccc([C@@H](C)N)cc1F. The van der Waals surface area contributed by atoms with Crippen molar-refractivity contribution in [1.82, 2.24) is 0 Å². The Labute approximate surface area is 114 Å². The summed E-state index contributed by atoms with van der Waals surface area (Å²) < 4.78 is 14.0. The standard InChI is InChI=1S/C14H23FN2S/c1-10(7-8-18-4)17(3)14-6-5-12(11(2)16)9-13(14)15/h5-6,9-11H,7-8,16H2,1-4H3/t10?,11-/m1/s1. The van der Waals surface area contributed by atoms with Crippen molar-refractivity contribution in [3.63, 3.8) is 0 Å². The predicted molar refractivity (Wildman–Crippen MR) is 79.9 cm³/mol. The molecule has 2 nitrogen and oxygen atoms in total. The van der Waals surface area contributed by atoms with Crippen LogP contribution in [-0.4, -0.2) is 25.1 Å². The second-order valence-corrected chi connectivity index (χ2v) is 5.73. The van der Waals surface area contributed by atoms with Gasteiger partial charge >= 0.3 is 0 Å². The summed E-state index contributed by atoms with van der Waals surface area (Å²) in [6, 6.07) is 5.46. The molecule has 0 aliphatic rings. The van der Waals surface area contributed by atoms with Crippen LogP contribution >= 0.6 is 11.8 Å². The van der Waals surface area contributed by atoms with Crippen LogP contribution in [0, 0.1) is 5.82 Å². The van der Waals surface area contributed by atoms with Crippen LogP contribution in [0.4, 0.5) is 10.1 Å². The van der Waals surface area contributed by atoms with Gasteiger partial charge in [-0.1, -0.05) is 6.07 Å². The Morgan fingerprint density at radius 2 is 2.06 bits per heavy atom. The maximum atomic E-state index is 14.0. The van der Waals surface area contributed by atoms with E-state index in [1.54, 1.807) is 0 Å². The molecular weight excluding hydrogens is 247 g/mol. The van der Waals surface area contributed by atoms with Gasteiger partial charge in [0.15, 0.2) is 0 Å². The molecule has 0 spiro atoms. The van der Waals surface area contributed by atoms with Crippen LogP contribution in [-0.2, 0) is 0 Å². The number of hydrogen-bond donors (Lipinski definition) is 1. The maximum absolute atomic E-state index is 14.0. The Morgan fingerprint density at radius 3 is 2.56 bits per heavy atom. The van der Waals surface area contributed by atoms with Crippen molar-refractivity contribution < 1.29 is 4.39 Å². The number of hydrogen-bond acceptors (Lipinski definition) is 3. The number of nitrogens with zero attached hydrogens (tertiary/aromatic N) is 1. The van der Waals surface area contributed by atoms with E-state index in [2.05, 4.69) is 13.2 Å². The lowest BCUT2D eigenvalue weighted by Gasteiger charge is -2.27. The van der Waals surface area contributed by atoms with E-state index in [9.17, 15) is 4.39 Å². The Hall–Kier alpha value is -0.740. The molecule has 0 amide bonds. The smallest absolute Gasteiger partial charge is 0.146 e. The first-order valence-corrected chi connectivity index (χ1v) is 7.63. The fraction of sp³-hybridized carbons (Fsp3) is 0.571. The third kappa shape index (κ3) is 3.89. The fourth-order valence-corrected chi connectivity index (χ4v) is 2.39. The van der Waals surface area contributed by atoms with Crippen LogP contribution < -0.4 is 10.6 Å². The van der Waals surface area contributed by atoms with E-state index in [-0.39, 0.29) is 11.9 Å². The number of thioether (sulfide) groups is 1. The molecule has 18 heavy (non-hydrogen) atoms. The van der Waals surface area contributed by atoms with Crippen LogP contribution in [0.25, 0.3) is 0 Å². The van der Waals surface area contributed by atoms with Crippen molar-refractivity contribution in [2.24, 2.45) is 5.73 Å². The highest BCUT2D eigenvalue weighted by molar-refractivity contribution is 7.98. The molecule has 102 valence electrons. The second-order valence-electron chi connectivity index (χ2n) is 4.74. The van der Waals surface area contributed by atoms with Crippen molar-refractivity contribution >= 4 is 17.4 Å². The minimum absolute atomic E-state index is 0.132. The zero-order valence-corrected chi connectivity index (χ0v) is 12.4. The minimum Gasteiger partial charge on any atom is -0.369 e. The zero-order valence-electron chi connectivity index (χ0n) is 11.6. The van der Waals surface area contributed by atoms with Crippen LogP contribution in [0.15, 0.2) is 18.2 Å². The maximum Gasteiger partial charge on any atom is 0.146 e. The van der Waals surface area contributed by atoms with E-state index >= 15 is 0 Å². The molecule has 0 heterocycles. The molecule has 0 aromatic heterocycles. The summed E-state index contributed by atoms with van der Waals surface area (Å²) in [5.41, 5.74) is 7.23. The number of nitrogens with two attached hydrogens (primary N) is 1. The first kappa shape index (κ1) is 15.3. The van der Waals surface area contributed by atoms with Gasteiger partial charge in [-0.05, 0) is 50.0 Å². The van der Waals surface area contributed by atoms with E-state index in [1.807, 2.05) is 42.8 Å². The third-order valence-corrected chi connectivity index (χ3v) is 3.92. The van der Waals surface area contributed by atoms with Gasteiger partial charge < -0.3 is 10.6 Å². The van der Waals surface area contributed by atoms with E-state index < -0.39 is 0 Å². The van der Waals surface area contributed by atoms with Gasteiger partial charge in [0.25, 0.3) is 0 Å². The largest absolute Gasteiger partial charge is 0.369 e. The summed E-state index contributed by atoms with van der Waals surface area (Å²) >= 11 is 1.82. The van der Waals surface area contributed by atoms with Gasteiger partial charge in [0.2, 0.25) is 0 Å². The number of halogens is 1. The molecule has 1 aromatic carbocycles. The van der Waals surface area contributed by atoms with E-state index in [0.717, 1.165) is 17.7 Å². The first-order chi connectivity index (χ1) is 8.47. The molecule has 2 atom stereocenters. The molecule has 0 fully saturated rings. The fourth-order valence-electron chi connectivity index (χ4n) is 1.81. The van der Waals surface area contributed by atoms with E-state index in [4.69, 9.17) is 5.73 Å². The van der Waals surface area contributed by atoms with Crippen LogP contribution in [0.1, 0.15) is 31.9 Å². The van der Waals surface area contributed by atoms with Crippen molar-refractivity contribution in [1.29, 1.82) is 0 Å². The summed E-state index contributed by atoms with van der Waals surface area (Å²) in [5.74, 6) is 0.897. The van der Waals surface area contributed by atoms with Gasteiger partial charge in [-0.15, -0.1) is 0 Å². The minimum atomic E-state index is -0.191. The molecule has 0 saturated carbocycles. The quantitative estimate of drug-likeness (QED) is 0.859. The molecule has 0 aliphatic heterocycles. The molecule has 4 heteroatoms. The van der Waals surface area contributed by atoms with Crippen molar-refractivity contribution in [3.05, 3.63) is 29.6 Å². The monoisotopic (exact) mass is 270 g/mol.